The zero-order valence-corrected chi connectivity index (χ0v) is 7.48. The van der Waals surface area contributed by atoms with Crippen molar-refractivity contribution in [2.24, 2.45) is 0 Å². The number of aliphatic hydroxyl groups excluding tert-OH is 1. The Morgan fingerprint density at radius 2 is 2.11 bits per heavy atom. The molecule has 0 aliphatic carbocycles. The molecule has 0 spiro atoms. The minimum atomic E-state index is -1.45. The molecule has 3 heteroatoms. The molecule has 0 aromatic heterocycles. The van der Waals surface area contributed by atoms with Crippen LogP contribution in [0.2, 0.25) is 18.6 Å². The first kappa shape index (κ1) is 9.14. The van der Waals surface area contributed by atoms with Crippen LogP contribution in [0.5, 0.6) is 0 Å². The summed E-state index contributed by atoms with van der Waals surface area (Å²) in [4.78, 5) is 0. The molecule has 2 nitrogen and oxygen atoms in total. The first-order valence-corrected chi connectivity index (χ1v) is 6.17. The van der Waals surface area contributed by atoms with E-state index < -0.39 is 8.32 Å². The molecule has 56 valence electrons. The van der Waals surface area contributed by atoms with Crippen molar-refractivity contribution in [2.45, 2.75) is 25.6 Å². The lowest BCUT2D eigenvalue weighted by Crippen LogP contribution is -2.32. The molecule has 0 aliphatic heterocycles. The quantitative estimate of drug-likeness (QED) is 0.607. The van der Waals surface area contributed by atoms with Gasteiger partial charge in [-0.05, 0) is 18.6 Å². The van der Waals surface area contributed by atoms with Gasteiger partial charge in [0.25, 0.3) is 0 Å². The van der Waals surface area contributed by atoms with Gasteiger partial charge in [-0.25, -0.2) is 0 Å². The second-order valence-electron chi connectivity index (χ2n) is 2.48. The Morgan fingerprint density at radius 1 is 1.56 bits per heavy atom. The Balaban J connectivity index is 3.62. The smallest absolute Gasteiger partial charge is 0.191 e. The highest BCUT2D eigenvalue weighted by Crippen LogP contribution is 2.13. The third-order valence-electron chi connectivity index (χ3n) is 1.88. The van der Waals surface area contributed by atoms with Crippen LogP contribution in [-0.2, 0) is 4.43 Å². The lowest BCUT2D eigenvalue weighted by atomic mass is 10.9. The summed E-state index contributed by atoms with van der Waals surface area (Å²) < 4.78 is 5.31. The summed E-state index contributed by atoms with van der Waals surface area (Å²) in [7, 11) is 0.294. The van der Waals surface area contributed by atoms with Crippen molar-refractivity contribution in [3.8, 4) is 0 Å². The van der Waals surface area contributed by atoms with Crippen LogP contribution < -0.4 is 0 Å². The van der Waals surface area contributed by atoms with Crippen LogP contribution in [0.15, 0.2) is 0 Å². The monoisotopic (exact) mass is 148 g/mol. The summed E-state index contributed by atoms with van der Waals surface area (Å²) in [6, 6.07) is 1.95. The van der Waals surface area contributed by atoms with Gasteiger partial charge in [0.15, 0.2) is 8.32 Å². The minimum absolute atomic E-state index is 0.268. The maximum Gasteiger partial charge on any atom is 0.191 e. The van der Waals surface area contributed by atoms with Crippen molar-refractivity contribution in [3.63, 3.8) is 0 Å². The summed E-state index contributed by atoms with van der Waals surface area (Å²) >= 11 is 0. The molecule has 1 atom stereocenters. The van der Waals surface area contributed by atoms with Gasteiger partial charge in [0.2, 0.25) is 0 Å². The second kappa shape index (κ2) is 4.03. The fraction of sp³-hybridized carbons (Fsp3) is 1.00. The SMILES string of the molecule is CC[Si](C)(CCO)OC. The molecular weight excluding hydrogens is 132 g/mol. The minimum Gasteiger partial charge on any atom is -0.420 e. The highest BCUT2D eigenvalue weighted by molar-refractivity contribution is 6.72. The van der Waals surface area contributed by atoms with Crippen LogP contribution in [-0.4, -0.2) is 27.1 Å². The Bertz CT molecular complexity index is 71.5. The maximum atomic E-state index is 8.62. The van der Waals surface area contributed by atoms with Crippen LogP contribution >= 0.6 is 0 Å². The largest absolute Gasteiger partial charge is 0.420 e. The fourth-order valence-corrected chi connectivity index (χ4v) is 1.98. The third-order valence-corrected chi connectivity index (χ3v) is 5.64. The lowest BCUT2D eigenvalue weighted by molar-refractivity contribution is 0.302. The zero-order valence-electron chi connectivity index (χ0n) is 6.48. The highest BCUT2D eigenvalue weighted by Gasteiger charge is 2.23. The molecule has 0 bridgehead atoms. The summed E-state index contributed by atoms with van der Waals surface area (Å²) in [5, 5.41) is 8.62. The Morgan fingerprint density at radius 3 is 2.22 bits per heavy atom. The fourth-order valence-electron chi connectivity index (χ4n) is 0.660. The lowest BCUT2D eigenvalue weighted by Gasteiger charge is -2.21. The number of rotatable bonds is 4. The van der Waals surface area contributed by atoms with Crippen LogP contribution in [0.1, 0.15) is 6.92 Å². The Kier molecular flexibility index (Phi) is 4.09. The van der Waals surface area contributed by atoms with E-state index in [4.69, 9.17) is 9.53 Å². The van der Waals surface area contributed by atoms with Crippen molar-refractivity contribution in [1.82, 2.24) is 0 Å². The van der Waals surface area contributed by atoms with E-state index in [1.165, 1.54) is 0 Å². The predicted octanol–water partition coefficient (Wildman–Crippen LogP) is 1.22. The molecular formula is C6H16O2Si. The molecule has 0 aromatic carbocycles. The molecule has 0 heterocycles. The molecule has 0 saturated heterocycles. The van der Waals surface area contributed by atoms with E-state index in [-0.39, 0.29) is 6.61 Å². The van der Waals surface area contributed by atoms with E-state index in [1.54, 1.807) is 7.11 Å². The molecule has 0 radical (unpaired) electrons. The van der Waals surface area contributed by atoms with Crippen molar-refractivity contribution in [3.05, 3.63) is 0 Å². The molecule has 9 heavy (non-hydrogen) atoms. The number of hydrogen-bond donors (Lipinski definition) is 1. The van der Waals surface area contributed by atoms with Crippen molar-refractivity contribution in [1.29, 1.82) is 0 Å². The second-order valence-corrected chi connectivity index (χ2v) is 7.00. The molecule has 0 amide bonds. The van der Waals surface area contributed by atoms with Gasteiger partial charge in [-0.3, -0.25) is 0 Å². The molecule has 0 saturated carbocycles. The summed E-state index contributed by atoms with van der Waals surface area (Å²) in [6.07, 6.45) is 0. The van der Waals surface area contributed by atoms with Gasteiger partial charge >= 0.3 is 0 Å². The molecule has 0 aliphatic rings. The zero-order chi connectivity index (χ0) is 7.33. The standard InChI is InChI=1S/C6H16O2Si/c1-4-9(3,8-2)6-5-7/h7H,4-6H2,1-3H3. The number of hydrogen-bond acceptors (Lipinski definition) is 2. The van der Waals surface area contributed by atoms with Crippen molar-refractivity contribution >= 4 is 8.32 Å². The topological polar surface area (TPSA) is 29.5 Å². The third kappa shape index (κ3) is 2.98. The van der Waals surface area contributed by atoms with Gasteiger partial charge < -0.3 is 9.53 Å². The summed E-state index contributed by atoms with van der Waals surface area (Å²) in [5.74, 6) is 0. The van der Waals surface area contributed by atoms with Crippen LogP contribution in [0.3, 0.4) is 0 Å². The van der Waals surface area contributed by atoms with E-state index in [0.717, 1.165) is 12.1 Å². The van der Waals surface area contributed by atoms with Crippen LogP contribution in [0, 0.1) is 0 Å². The average molecular weight is 148 g/mol. The Hall–Kier alpha value is 0.137. The normalized spacial score (nSPS) is 17.3. The maximum absolute atomic E-state index is 8.62. The van der Waals surface area contributed by atoms with Crippen molar-refractivity contribution < 1.29 is 9.53 Å². The van der Waals surface area contributed by atoms with E-state index >= 15 is 0 Å². The van der Waals surface area contributed by atoms with Crippen LogP contribution in [0.25, 0.3) is 0 Å². The van der Waals surface area contributed by atoms with E-state index in [2.05, 4.69) is 13.5 Å². The van der Waals surface area contributed by atoms with Gasteiger partial charge in [0.05, 0.1) is 0 Å². The highest BCUT2D eigenvalue weighted by atomic mass is 28.4. The summed E-state index contributed by atoms with van der Waals surface area (Å²) in [6.45, 7) is 4.53. The number of aliphatic hydroxyl groups is 1. The summed E-state index contributed by atoms with van der Waals surface area (Å²) in [5.41, 5.74) is 0. The van der Waals surface area contributed by atoms with Gasteiger partial charge in [-0.2, -0.15) is 0 Å². The molecule has 1 unspecified atom stereocenters. The van der Waals surface area contributed by atoms with E-state index in [0.29, 0.717) is 0 Å². The molecule has 0 fully saturated rings. The van der Waals surface area contributed by atoms with Gasteiger partial charge in [0.1, 0.15) is 0 Å². The van der Waals surface area contributed by atoms with E-state index in [1.807, 2.05) is 0 Å². The van der Waals surface area contributed by atoms with Gasteiger partial charge in [-0.15, -0.1) is 0 Å². The van der Waals surface area contributed by atoms with Gasteiger partial charge in [-0.1, -0.05) is 6.92 Å². The average Bonchev–Trinajstić information content (AvgIpc) is 1.89. The molecule has 1 N–H and O–H groups in total. The molecule has 0 aromatic rings. The van der Waals surface area contributed by atoms with Gasteiger partial charge in [0, 0.05) is 13.7 Å². The first-order chi connectivity index (χ1) is 4.18. The van der Waals surface area contributed by atoms with Crippen LogP contribution in [0.4, 0.5) is 0 Å². The molecule has 0 rings (SSSR count). The predicted molar refractivity (Wildman–Crippen MR) is 41.0 cm³/mol. The Labute approximate surface area is 58.0 Å². The van der Waals surface area contributed by atoms with Crippen molar-refractivity contribution in [2.75, 3.05) is 13.7 Å². The first-order valence-electron chi connectivity index (χ1n) is 3.34. The van der Waals surface area contributed by atoms with E-state index in [9.17, 15) is 0 Å².